The minimum Gasteiger partial charge on any atom is -0.316 e. The van der Waals surface area contributed by atoms with Gasteiger partial charge in [-0.05, 0) is 59.3 Å². The highest BCUT2D eigenvalue weighted by Crippen LogP contribution is 2.46. The summed E-state index contributed by atoms with van der Waals surface area (Å²) in [4.78, 5) is 1.49. The van der Waals surface area contributed by atoms with Crippen molar-refractivity contribution < 1.29 is 0 Å². The van der Waals surface area contributed by atoms with E-state index in [1.807, 2.05) is 0 Å². The van der Waals surface area contributed by atoms with Gasteiger partial charge in [-0.3, -0.25) is 0 Å². The van der Waals surface area contributed by atoms with Crippen molar-refractivity contribution >= 4 is 38.9 Å². The maximum Gasteiger partial charge on any atom is 0.107 e. The highest BCUT2D eigenvalue weighted by molar-refractivity contribution is 9.10. The van der Waals surface area contributed by atoms with E-state index in [0.717, 1.165) is 33.1 Å². The van der Waals surface area contributed by atoms with Gasteiger partial charge in [-0.15, -0.1) is 11.3 Å². The number of hydrogen-bond acceptors (Lipinski definition) is 2. The van der Waals surface area contributed by atoms with Crippen molar-refractivity contribution in [2.45, 2.75) is 38.0 Å². The molecule has 1 aromatic rings. The fourth-order valence-corrected chi connectivity index (χ4v) is 5.61. The van der Waals surface area contributed by atoms with Crippen LogP contribution in [0.3, 0.4) is 0 Å². The Morgan fingerprint density at radius 2 is 2.06 bits per heavy atom. The molecule has 2 heterocycles. The van der Waals surface area contributed by atoms with Gasteiger partial charge in [0, 0.05) is 9.35 Å². The first-order valence-electron chi connectivity index (χ1n) is 6.91. The normalized spacial score (nSPS) is 29.9. The molecule has 2 atom stereocenters. The Morgan fingerprint density at radius 3 is 2.72 bits per heavy atom. The van der Waals surface area contributed by atoms with Crippen LogP contribution in [0.25, 0.3) is 0 Å². The predicted molar refractivity (Wildman–Crippen MR) is 82.7 cm³/mol. The van der Waals surface area contributed by atoms with E-state index in [9.17, 15) is 0 Å². The second-order valence-electron chi connectivity index (χ2n) is 5.58. The van der Waals surface area contributed by atoms with Gasteiger partial charge in [-0.2, -0.15) is 0 Å². The zero-order valence-corrected chi connectivity index (χ0v) is 13.6. The minimum absolute atomic E-state index is 0.725. The van der Waals surface area contributed by atoms with Crippen molar-refractivity contribution in [3.8, 4) is 0 Å². The molecule has 1 N–H and O–H groups in total. The molecule has 0 aromatic carbocycles. The van der Waals surface area contributed by atoms with Gasteiger partial charge in [-0.25, -0.2) is 0 Å². The standard InChI is InChI=1S/C14H19BrClNS/c15-12-7-13(18-14(12)16)10-5-6-17-8-11(10)9-3-1-2-4-9/h7,9-11,17H,1-6,8H2. The first-order valence-corrected chi connectivity index (χ1v) is 8.90. The molecule has 1 nitrogen and oxygen atoms in total. The summed E-state index contributed by atoms with van der Waals surface area (Å²) < 4.78 is 1.99. The summed E-state index contributed by atoms with van der Waals surface area (Å²) in [5, 5.41) is 3.59. The van der Waals surface area contributed by atoms with Crippen LogP contribution in [0.4, 0.5) is 0 Å². The van der Waals surface area contributed by atoms with Crippen LogP contribution in [0, 0.1) is 11.8 Å². The molecule has 100 valence electrons. The number of rotatable bonds is 2. The molecule has 1 aromatic heterocycles. The van der Waals surface area contributed by atoms with E-state index in [1.54, 1.807) is 11.3 Å². The van der Waals surface area contributed by atoms with E-state index < -0.39 is 0 Å². The van der Waals surface area contributed by atoms with Crippen molar-refractivity contribution in [2.75, 3.05) is 13.1 Å². The number of nitrogens with one attached hydrogen (secondary N) is 1. The van der Waals surface area contributed by atoms with Gasteiger partial charge in [0.2, 0.25) is 0 Å². The van der Waals surface area contributed by atoms with Gasteiger partial charge in [0.15, 0.2) is 0 Å². The Bertz CT molecular complexity index is 394. The zero-order valence-electron chi connectivity index (χ0n) is 10.4. The van der Waals surface area contributed by atoms with Crippen molar-refractivity contribution in [3.05, 3.63) is 19.8 Å². The number of thiophene rings is 1. The molecule has 2 fully saturated rings. The lowest BCUT2D eigenvalue weighted by Gasteiger charge is -2.35. The molecule has 0 radical (unpaired) electrons. The topological polar surface area (TPSA) is 12.0 Å². The molecule has 1 saturated heterocycles. The molecule has 1 aliphatic carbocycles. The van der Waals surface area contributed by atoms with Crippen LogP contribution >= 0.6 is 38.9 Å². The lowest BCUT2D eigenvalue weighted by Crippen LogP contribution is -2.38. The van der Waals surface area contributed by atoms with Crippen LogP contribution in [0.15, 0.2) is 10.5 Å². The molecule has 3 rings (SSSR count). The molecule has 0 spiro atoms. The molecule has 4 heteroatoms. The maximum absolute atomic E-state index is 6.21. The van der Waals surface area contributed by atoms with Crippen LogP contribution in [0.2, 0.25) is 4.34 Å². The predicted octanol–water partition coefficient (Wildman–Crippen LogP) is 5.05. The Labute approximate surface area is 126 Å². The first-order chi connectivity index (χ1) is 8.75. The number of piperidine rings is 1. The van der Waals surface area contributed by atoms with E-state index in [0.29, 0.717) is 0 Å². The van der Waals surface area contributed by atoms with Gasteiger partial charge in [0.1, 0.15) is 4.34 Å². The summed E-state index contributed by atoms with van der Waals surface area (Å²) in [7, 11) is 0. The largest absolute Gasteiger partial charge is 0.316 e. The summed E-state index contributed by atoms with van der Waals surface area (Å²) >= 11 is 11.5. The third kappa shape index (κ3) is 2.65. The lowest BCUT2D eigenvalue weighted by molar-refractivity contribution is 0.233. The molecular formula is C14H19BrClNS. The summed E-state index contributed by atoms with van der Waals surface area (Å²) in [5.74, 6) is 2.48. The molecule has 0 bridgehead atoms. The summed E-state index contributed by atoms with van der Waals surface area (Å²) in [6, 6.07) is 2.25. The SMILES string of the molecule is Clc1sc(C2CCNCC2C2CCCC2)cc1Br. The van der Waals surface area contributed by atoms with Gasteiger partial charge in [0.25, 0.3) is 0 Å². The molecule has 1 saturated carbocycles. The minimum atomic E-state index is 0.725. The van der Waals surface area contributed by atoms with Crippen molar-refractivity contribution in [1.29, 1.82) is 0 Å². The van der Waals surface area contributed by atoms with Crippen LogP contribution in [0.5, 0.6) is 0 Å². The van der Waals surface area contributed by atoms with E-state index in [-0.39, 0.29) is 0 Å². The quantitative estimate of drug-likeness (QED) is 0.789. The average molecular weight is 349 g/mol. The fourth-order valence-electron chi connectivity index (χ4n) is 3.66. The van der Waals surface area contributed by atoms with E-state index in [2.05, 4.69) is 27.3 Å². The highest BCUT2D eigenvalue weighted by atomic mass is 79.9. The van der Waals surface area contributed by atoms with Gasteiger partial charge in [0.05, 0.1) is 0 Å². The molecule has 2 aliphatic rings. The first kappa shape index (κ1) is 13.4. The summed E-state index contributed by atoms with van der Waals surface area (Å²) in [6.07, 6.45) is 7.00. The van der Waals surface area contributed by atoms with Gasteiger partial charge < -0.3 is 5.32 Å². The average Bonchev–Trinajstić information content (AvgIpc) is 3.01. The van der Waals surface area contributed by atoms with E-state index in [1.165, 1.54) is 43.5 Å². The summed E-state index contributed by atoms with van der Waals surface area (Å²) in [6.45, 7) is 2.35. The maximum atomic E-state index is 6.21. The Balaban J connectivity index is 1.82. The summed E-state index contributed by atoms with van der Waals surface area (Å²) in [5.41, 5.74) is 0. The second kappa shape index (κ2) is 5.82. The molecule has 2 unspecified atom stereocenters. The van der Waals surface area contributed by atoms with Gasteiger partial charge in [-0.1, -0.05) is 37.3 Å². The number of halogens is 2. The molecule has 1 aliphatic heterocycles. The van der Waals surface area contributed by atoms with Crippen molar-refractivity contribution in [2.24, 2.45) is 11.8 Å². The molecule has 0 amide bonds. The van der Waals surface area contributed by atoms with E-state index in [4.69, 9.17) is 11.6 Å². The van der Waals surface area contributed by atoms with Gasteiger partial charge >= 0.3 is 0 Å². The zero-order chi connectivity index (χ0) is 12.5. The highest BCUT2D eigenvalue weighted by Gasteiger charge is 2.35. The lowest BCUT2D eigenvalue weighted by atomic mass is 9.76. The molecular weight excluding hydrogens is 330 g/mol. The Hall–Kier alpha value is 0.430. The van der Waals surface area contributed by atoms with Crippen LogP contribution < -0.4 is 5.32 Å². The number of hydrogen-bond donors (Lipinski definition) is 1. The fraction of sp³-hybridized carbons (Fsp3) is 0.714. The van der Waals surface area contributed by atoms with Crippen molar-refractivity contribution in [1.82, 2.24) is 5.32 Å². The molecule has 18 heavy (non-hydrogen) atoms. The third-order valence-corrected chi connectivity index (χ3v) is 7.17. The second-order valence-corrected chi connectivity index (χ2v) is 8.12. The smallest absolute Gasteiger partial charge is 0.107 e. The third-order valence-electron chi connectivity index (χ3n) is 4.56. The Morgan fingerprint density at radius 1 is 1.28 bits per heavy atom. The van der Waals surface area contributed by atoms with Crippen molar-refractivity contribution in [3.63, 3.8) is 0 Å². The monoisotopic (exact) mass is 347 g/mol. The van der Waals surface area contributed by atoms with Crippen LogP contribution in [-0.2, 0) is 0 Å². The Kier molecular flexibility index (Phi) is 4.34. The van der Waals surface area contributed by atoms with E-state index >= 15 is 0 Å². The van der Waals surface area contributed by atoms with Crippen LogP contribution in [-0.4, -0.2) is 13.1 Å². The van der Waals surface area contributed by atoms with Crippen LogP contribution in [0.1, 0.15) is 42.9 Å².